The molecule has 0 aliphatic carbocycles. The van der Waals surface area contributed by atoms with Gasteiger partial charge in [-0.05, 0) is 38.5 Å². The van der Waals surface area contributed by atoms with E-state index in [0.717, 1.165) is 11.3 Å². The second-order valence-electron chi connectivity index (χ2n) is 4.00. The van der Waals surface area contributed by atoms with Gasteiger partial charge in [-0.25, -0.2) is 0 Å². The van der Waals surface area contributed by atoms with Crippen LogP contribution in [0.5, 0.6) is 5.75 Å². The lowest BCUT2D eigenvalue weighted by Crippen LogP contribution is -2.23. The molecule has 3 nitrogen and oxygen atoms in total. The van der Waals surface area contributed by atoms with E-state index in [9.17, 15) is 5.11 Å². The Morgan fingerprint density at radius 3 is 2.00 bits per heavy atom. The van der Waals surface area contributed by atoms with Crippen LogP contribution >= 0.6 is 12.4 Å². The number of benzene rings is 1. The Morgan fingerprint density at radius 2 is 1.62 bits per heavy atom. The van der Waals surface area contributed by atoms with E-state index >= 15 is 0 Å². The summed E-state index contributed by atoms with van der Waals surface area (Å²) >= 11 is 0. The lowest BCUT2D eigenvalue weighted by atomic mass is 10.0. The smallest absolute Gasteiger partial charge is 0.119 e. The predicted octanol–water partition coefficient (Wildman–Crippen LogP) is 2.28. The minimum Gasteiger partial charge on any atom is -0.491 e. The number of halogens is 1. The van der Waals surface area contributed by atoms with Crippen LogP contribution in [-0.2, 0) is 0 Å². The highest BCUT2D eigenvalue weighted by Crippen LogP contribution is 2.19. The van der Waals surface area contributed by atoms with Crippen LogP contribution < -0.4 is 10.5 Å². The Morgan fingerprint density at radius 1 is 1.12 bits per heavy atom. The normalized spacial score (nSPS) is 14.1. The second kappa shape index (κ2) is 6.74. The Balaban J connectivity index is 0.00000225. The molecule has 0 amide bonds. The van der Waals surface area contributed by atoms with Gasteiger partial charge in [0.25, 0.3) is 0 Å². The van der Waals surface area contributed by atoms with Crippen LogP contribution in [0.4, 0.5) is 0 Å². The first-order valence-corrected chi connectivity index (χ1v) is 5.21. The van der Waals surface area contributed by atoms with Gasteiger partial charge in [-0.1, -0.05) is 12.1 Å². The first-order valence-electron chi connectivity index (χ1n) is 5.21. The lowest BCUT2D eigenvalue weighted by Gasteiger charge is -2.16. The summed E-state index contributed by atoms with van der Waals surface area (Å²) in [6.45, 7) is 5.65. The molecule has 0 saturated heterocycles. The van der Waals surface area contributed by atoms with Crippen LogP contribution in [0, 0.1) is 0 Å². The molecule has 2 atom stereocenters. The maximum absolute atomic E-state index is 9.33. The molecule has 1 aromatic rings. The summed E-state index contributed by atoms with van der Waals surface area (Å²) in [7, 11) is 0. The molecule has 1 rings (SSSR count). The Kier molecular flexibility index (Phi) is 6.41. The summed E-state index contributed by atoms with van der Waals surface area (Å²) < 4.78 is 5.51. The number of rotatable bonds is 4. The van der Waals surface area contributed by atoms with Crippen molar-refractivity contribution in [3.8, 4) is 5.75 Å². The number of ether oxygens (including phenoxy) is 1. The summed E-state index contributed by atoms with van der Waals surface area (Å²) in [6, 6.07) is 7.18. The molecule has 0 aromatic heterocycles. The molecule has 0 spiro atoms. The summed E-state index contributed by atoms with van der Waals surface area (Å²) in [4.78, 5) is 0. The fourth-order valence-corrected chi connectivity index (χ4v) is 1.32. The van der Waals surface area contributed by atoms with Crippen molar-refractivity contribution in [2.75, 3.05) is 0 Å². The maximum atomic E-state index is 9.33. The van der Waals surface area contributed by atoms with Crippen LogP contribution in [0.15, 0.2) is 24.3 Å². The van der Waals surface area contributed by atoms with E-state index in [-0.39, 0.29) is 24.6 Å². The molecule has 2 unspecified atom stereocenters. The minimum atomic E-state index is -0.540. The van der Waals surface area contributed by atoms with E-state index in [4.69, 9.17) is 10.5 Å². The number of aliphatic hydroxyl groups is 1. The number of nitrogens with two attached hydrogens (primary N) is 1. The summed E-state index contributed by atoms with van der Waals surface area (Å²) in [6.07, 6.45) is -0.372. The fraction of sp³-hybridized carbons (Fsp3) is 0.500. The summed E-state index contributed by atoms with van der Waals surface area (Å²) in [5.74, 6) is 0.826. The fourth-order valence-electron chi connectivity index (χ4n) is 1.32. The molecular weight excluding hydrogens is 226 g/mol. The van der Waals surface area contributed by atoms with Gasteiger partial charge in [0.2, 0.25) is 0 Å². The van der Waals surface area contributed by atoms with E-state index in [1.807, 2.05) is 38.1 Å². The molecule has 4 heteroatoms. The van der Waals surface area contributed by atoms with Gasteiger partial charge >= 0.3 is 0 Å². The predicted molar refractivity (Wildman–Crippen MR) is 68.1 cm³/mol. The molecule has 16 heavy (non-hydrogen) atoms. The van der Waals surface area contributed by atoms with Crippen LogP contribution in [0.2, 0.25) is 0 Å². The van der Waals surface area contributed by atoms with Gasteiger partial charge in [-0.15, -0.1) is 12.4 Å². The van der Waals surface area contributed by atoms with Crippen molar-refractivity contribution >= 4 is 12.4 Å². The van der Waals surface area contributed by atoms with Gasteiger partial charge in [0.15, 0.2) is 0 Å². The zero-order valence-corrected chi connectivity index (χ0v) is 10.7. The molecule has 0 aliphatic heterocycles. The molecule has 0 saturated carbocycles. The molecule has 92 valence electrons. The van der Waals surface area contributed by atoms with Gasteiger partial charge in [-0.2, -0.15) is 0 Å². The van der Waals surface area contributed by atoms with Crippen LogP contribution in [0.1, 0.15) is 32.4 Å². The second-order valence-corrected chi connectivity index (χ2v) is 4.00. The first kappa shape index (κ1) is 15.2. The Bertz CT molecular complexity index is 298. The SMILES string of the molecule is CC(C)Oc1ccc(C(N)C(C)O)cc1.Cl. The standard InChI is InChI=1S/C12H19NO2.ClH/c1-8(2)15-11-6-4-10(5-7-11)12(13)9(3)14;/h4-9,12,14H,13H2,1-3H3;1H. The average molecular weight is 246 g/mol. The van der Waals surface area contributed by atoms with E-state index in [2.05, 4.69) is 0 Å². The van der Waals surface area contributed by atoms with Gasteiger partial charge in [0.1, 0.15) is 5.75 Å². The highest BCUT2D eigenvalue weighted by Gasteiger charge is 2.11. The van der Waals surface area contributed by atoms with Crippen molar-refractivity contribution in [3.05, 3.63) is 29.8 Å². The maximum Gasteiger partial charge on any atom is 0.119 e. The van der Waals surface area contributed by atoms with Gasteiger partial charge < -0.3 is 15.6 Å². The topological polar surface area (TPSA) is 55.5 Å². The highest BCUT2D eigenvalue weighted by molar-refractivity contribution is 5.85. The molecule has 0 radical (unpaired) electrons. The van der Waals surface area contributed by atoms with E-state index in [0.29, 0.717) is 0 Å². The minimum absolute atomic E-state index is 0. The molecule has 0 heterocycles. The number of hydrogen-bond donors (Lipinski definition) is 2. The van der Waals surface area contributed by atoms with Gasteiger partial charge in [0.05, 0.1) is 18.2 Å². The zero-order valence-electron chi connectivity index (χ0n) is 9.88. The van der Waals surface area contributed by atoms with Crippen molar-refractivity contribution in [3.63, 3.8) is 0 Å². The third kappa shape index (κ3) is 4.39. The first-order chi connectivity index (χ1) is 7.00. The molecule has 3 N–H and O–H groups in total. The van der Waals surface area contributed by atoms with E-state index < -0.39 is 6.10 Å². The van der Waals surface area contributed by atoms with Gasteiger partial charge in [-0.3, -0.25) is 0 Å². The van der Waals surface area contributed by atoms with Crippen LogP contribution in [0.3, 0.4) is 0 Å². The van der Waals surface area contributed by atoms with Crippen LogP contribution in [0.25, 0.3) is 0 Å². The summed E-state index contributed by atoms with van der Waals surface area (Å²) in [5, 5.41) is 9.33. The third-order valence-electron chi connectivity index (χ3n) is 2.16. The van der Waals surface area contributed by atoms with Crippen molar-refractivity contribution in [2.45, 2.75) is 39.0 Å². The van der Waals surface area contributed by atoms with Crippen molar-refractivity contribution in [1.29, 1.82) is 0 Å². The summed E-state index contributed by atoms with van der Waals surface area (Å²) in [5.41, 5.74) is 6.72. The van der Waals surface area contributed by atoms with Crippen molar-refractivity contribution in [2.24, 2.45) is 5.73 Å². The largest absolute Gasteiger partial charge is 0.491 e. The Hall–Kier alpha value is -0.770. The quantitative estimate of drug-likeness (QED) is 0.856. The number of hydrogen-bond acceptors (Lipinski definition) is 3. The monoisotopic (exact) mass is 245 g/mol. The third-order valence-corrected chi connectivity index (χ3v) is 2.16. The Labute approximate surface area is 103 Å². The number of aliphatic hydroxyl groups excluding tert-OH is 1. The van der Waals surface area contributed by atoms with E-state index in [1.54, 1.807) is 6.92 Å². The van der Waals surface area contributed by atoms with Crippen molar-refractivity contribution in [1.82, 2.24) is 0 Å². The zero-order chi connectivity index (χ0) is 11.4. The average Bonchev–Trinajstić information content (AvgIpc) is 2.17. The van der Waals surface area contributed by atoms with E-state index in [1.165, 1.54) is 0 Å². The lowest BCUT2D eigenvalue weighted by molar-refractivity contribution is 0.164. The van der Waals surface area contributed by atoms with Gasteiger partial charge in [0, 0.05) is 0 Å². The van der Waals surface area contributed by atoms with Crippen molar-refractivity contribution < 1.29 is 9.84 Å². The van der Waals surface area contributed by atoms with Crippen LogP contribution in [-0.4, -0.2) is 17.3 Å². The molecule has 0 bridgehead atoms. The molecular formula is C12H20ClNO2. The molecule has 1 aromatic carbocycles. The molecule has 0 aliphatic rings. The highest BCUT2D eigenvalue weighted by atomic mass is 35.5. The molecule has 0 fully saturated rings.